The fourth-order valence-electron chi connectivity index (χ4n) is 5.66. The summed E-state index contributed by atoms with van der Waals surface area (Å²) in [5, 5.41) is 0. The Balaban J connectivity index is 1.11. The number of hydrogen-bond donors (Lipinski definition) is 0. The lowest BCUT2D eigenvalue weighted by molar-refractivity contribution is -0.138. The second-order valence-electron chi connectivity index (χ2n) is 13.6. The number of unbranched alkanes of at least 4 members (excludes halogenated alkanes) is 6. The highest BCUT2D eigenvalue weighted by molar-refractivity contribution is 5.93. The normalized spacial score (nSPS) is 10.5. The molecule has 0 atom stereocenters. The molecule has 0 N–H and O–H groups in total. The molecule has 4 aromatic rings. The van der Waals surface area contributed by atoms with Gasteiger partial charge in [-0.05, 0) is 148 Å². The summed E-state index contributed by atoms with van der Waals surface area (Å²) in [4.78, 5) is 60.4. The maximum Gasteiger partial charge on any atom is 0.343 e. The van der Waals surface area contributed by atoms with E-state index in [2.05, 4.69) is 13.2 Å². The topological polar surface area (TPSA) is 150 Å². The van der Waals surface area contributed by atoms with Gasteiger partial charge in [0.2, 0.25) is 0 Å². The average molecular weight is 821 g/mol. The summed E-state index contributed by atoms with van der Waals surface area (Å²) in [5.74, 6) is -0.409. The molecule has 0 saturated heterocycles. The standard InChI is InChI=1S/C48H52O12/c1-4-44(49)56-31-12-8-6-10-29-54-39-22-16-37(17-23-39)46(51)59-41-20-14-36(15-21-41)28-33-58-48(53)43-27-26-42(34-35(43)3)60-47(52)38-18-24-40(25-19-38)55-30-11-7-9-13-32-57-45(50)5-2/h4-5,14-27,34H,1-2,6-13,28-33H2,3H3. The molecule has 0 aliphatic carbocycles. The van der Waals surface area contributed by atoms with Gasteiger partial charge in [-0.2, -0.15) is 0 Å². The number of carbonyl (C=O) groups is 5. The number of carbonyl (C=O) groups excluding carboxylic acids is 5. The molecule has 0 saturated carbocycles. The summed E-state index contributed by atoms with van der Waals surface area (Å²) in [6.45, 7) is 10.4. The highest BCUT2D eigenvalue weighted by Crippen LogP contribution is 2.22. The SMILES string of the molecule is C=CC(=O)OCCCCCCOc1ccc(C(=O)Oc2ccc(CCOC(=O)c3ccc(OC(=O)c4ccc(OCCCCCCOC(=O)C=C)cc4)cc3C)cc2)cc1. The molecule has 12 nitrogen and oxygen atoms in total. The Hall–Kier alpha value is -6.69. The van der Waals surface area contributed by atoms with Crippen molar-refractivity contribution >= 4 is 29.8 Å². The molecule has 0 radical (unpaired) electrons. The Kier molecular flexibility index (Phi) is 19.6. The van der Waals surface area contributed by atoms with Crippen LogP contribution in [0.2, 0.25) is 0 Å². The predicted octanol–water partition coefficient (Wildman–Crippen LogP) is 9.17. The van der Waals surface area contributed by atoms with Crippen LogP contribution in [0.1, 0.15) is 93.6 Å². The Morgan fingerprint density at radius 2 is 0.900 bits per heavy atom. The van der Waals surface area contributed by atoms with Crippen molar-refractivity contribution in [2.45, 2.75) is 64.7 Å². The lowest BCUT2D eigenvalue weighted by Gasteiger charge is -2.11. The zero-order valence-corrected chi connectivity index (χ0v) is 34.0. The number of esters is 5. The minimum Gasteiger partial charge on any atom is -0.494 e. The number of rotatable bonds is 26. The summed E-state index contributed by atoms with van der Waals surface area (Å²) >= 11 is 0. The molecule has 0 spiro atoms. The fourth-order valence-corrected chi connectivity index (χ4v) is 5.66. The molecule has 0 unspecified atom stereocenters. The van der Waals surface area contributed by atoms with E-state index in [1.54, 1.807) is 97.9 Å². The van der Waals surface area contributed by atoms with Crippen LogP contribution < -0.4 is 18.9 Å². The molecular formula is C48H52O12. The van der Waals surface area contributed by atoms with E-state index in [0.717, 1.165) is 69.1 Å². The van der Waals surface area contributed by atoms with Gasteiger partial charge in [0.25, 0.3) is 0 Å². The van der Waals surface area contributed by atoms with Crippen LogP contribution in [0, 0.1) is 6.92 Å². The van der Waals surface area contributed by atoms with Crippen molar-refractivity contribution in [3.05, 3.63) is 144 Å². The van der Waals surface area contributed by atoms with Gasteiger partial charge in [-0.1, -0.05) is 25.3 Å². The predicted molar refractivity (Wildman–Crippen MR) is 225 cm³/mol. The zero-order chi connectivity index (χ0) is 43.0. The van der Waals surface area contributed by atoms with Gasteiger partial charge in [0.15, 0.2) is 0 Å². The van der Waals surface area contributed by atoms with Gasteiger partial charge in [-0.3, -0.25) is 0 Å². The summed E-state index contributed by atoms with van der Waals surface area (Å²) < 4.78 is 38.0. The van der Waals surface area contributed by atoms with Gasteiger partial charge in [-0.15, -0.1) is 0 Å². The molecule has 60 heavy (non-hydrogen) atoms. The van der Waals surface area contributed by atoms with E-state index >= 15 is 0 Å². The van der Waals surface area contributed by atoms with Crippen LogP contribution in [0.15, 0.2) is 116 Å². The molecule has 0 aliphatic rings. The molecule has 0 fully saturated rings. The number of ether oxygens (including phenoxy) is 7. The molecule has 0 heterocycles. The van der Waals surface area contributed by atoms with Crippen LogP contribution in [0.5, 0.6) is 23.0 Å². The third kappa shape index (κ3) is 16.7. The maximum atomic E-state index is 12.9. The van der Waals surface area contributed by atoms with E-state index < -0.39 is 29.8 Å². The van der Waals surface area contributed by atoms with E-state index in [9.17, 15) is 24.0 Å². The molecule has 316 valence electrons. The zero-order valence-electron chi connectivity index (χ0n) is 34.0. The van der Waals surface area contributed by atoms with Gasteiger partial charge in [0, 0.05) is 18.6 Å². The molecule has 12 heteroatoms. The number of benzene rings is 4. The van der Waals surface area contributed by atoms with E-state index in [-0.39, 0.29) is 6.61 Å². The quantitative estimate of drug-likeness (QED) is 0.0195. The number of aryl methyl sites for hydroxylation is 1. The summed E-state index contributed by atoms with van der Waals surface area (Å²) in [7, 11) is 0. The third-order valence-electron chi connectivity index (χ3n) is 9.00. The van der Waals surface area contributed by atoms with Crippen molar-refractivity contribution in [1.82, 2.24) is 0 Å². The highest BCUT2D eigenvalue weighted by Gasteiger charge is 2.15. The Bertz CT molecular complexity index is 2020. The first-order chi connectivity index (χ1) is 29.1. The van der Waals surface area contributed by atoms with Gasteiger partial charge >= 0.3 is 29.8 Å². The smallest absolute Gasteiger partial charge is 0.343 e. The molecular weight excluding hydrogens is 769 g/mol. The Labute approximate surface area is 351 Å². The lowest BCUT2D eigenvalue weighted by atomic mass is 10.1. The van der Waals surface area contributed by atoms with Gasteiger partial charge < -0.3 is 33.2 Å². The van der Waals surface area contributed by atoms with E-state index in [1.807, 2.05) is 0 Å². The van der Waals surface area contributed by atoms with Crippen molar-refractivity contribution in [3.8, 4) is 23.0 Å². The molecule has 0 amide bonds. The second kappa shape index (κ2) is 25.6. The van der Waals surface area contributed by atoms with Crippen molar-refractivity contribution < 1.29 is 57.1 Å². The monoisotopic (exact) mass is 820 g/mol. The van der Waals surface area contributed by atoms with Crippen molar-refractivity contribution in [3.63, 3.8) is 0 Å². The van der Waals surface area contributed by atoms with E-state index in [0.29, 0.717) is 78.1 Å². The molecule has 4 aromatic carbocycles. The third-order valence-corrected chi connectivity index (χ3v) is 9.00. The minimum atomic E-state index is -0.545. The molecule has 0 aromatic heterocycles. The highest BCUT2D eigenvalue weighted by atomic mass is 16.5. The van der Waals surface area contributed by atoms with Crippen LogP contribution in [0.25, 0.3) is 0 Å². The summed E-state index contributed by atoms with van der Waals surface area (Å²) in [6.07, 6.45) is 9.73. The Morgan fingerprint density at radius 3 is 1.37 bits per heavy atom. The summed E-state index contributed by atoms with van der Waals surface area (Å²) in [6, 6.07) is 25.1. The van der Waals surface area contributed by atoms with E-state index in [4.69, 9.17) is 33.2 Å². The largest absolute Gasteiger partial charge is 0.494 e. The Morgan fingerprint density at radius 1 is 0.467 bits per heavy atom. The molecule has 0 bridgehead atoms. The first-order valence-electron chi connectivity index (χ1n) is 20.0. The molecule has 4 rings (SSSR count). The minimum absolute atomic E-state index is 0.129. The fraction of sp³-hybridized carbons (Fsp3) is 0.312. The van der Waals surface area contributed by atoms with Gasteiger partial charge in [-0.25, -0.2) is 24.0 Å². The summed E-state index contributed by atoms with van der Waals surface area (Å²) in [5.41, 5.74) is 2.56. The van der Waals surface area contributed by atoms with Crippen molar-refractivity contribution in [2.24, 2.45) is 0 Å². The lowest BCUT2D eigenvalue weighted by Crippen LogP contribution is -2.11. The van der Waals surface area contributed by atoms with Crippen molar-refractivity contribution in [1.29, 1.82) is 0 Å². The van der Waals surface area contributed by atoms with Crippen LogP contribution in [0.4, 0.5) is 0 Å². The van der Waals surface area contributed by atoms with Crippen LogP contribution >= 0.6 is 0 Å². The van der Waals surface area contributed by atoms with Crippen LogP contribution in [-0.2, 0) is 30.2 Å². The van der Waals surface area contributed by atoms with Crippen molar-refractivity contribution in [2.75, 3.05) is 33.0 Å². The van der Waals surface area contributed by atoms with Crippen LogP contribution in [-0.4, -0.2) is 62.9 Å². The van der Waals surface area contributed by atoms with Crippen LogP contribution in [0.3, 0.4) is 0 Å². The average Bonchev–Trinajstić information content (AvgIpc) is 3.26. The first-order valence-corrected chi connectivity index (χ1v) is 20.0. The maximum absolute atomic E-state index is 12.9. The van der Waals surface area contributed by atoms with Gasteiger partial charge in [0.1, 0.15) is 23.0 Å². The van der Waals surface area contributed by atoms with E-state index in [1.165, 1.54) is 0 Å². The molecule has 0 aliphatic heterocycles. The first kappa shape index (κ1) is 46.0. The second-order valence-corrected chi connectivity index (χ2v) is 13.6. The number of hydrogen-bond acceptors (Lipinski definition) is 12. The van der Waals surface area contributed by atoms with Gasteiger partial charge in [0.05, 0.1) is 49.7 Å².